The zero-order chi connectivity index (χ0) is 31.7. The van der Waals surface area contributed by atoms with Gasteiger partial charge in [-0.15, -0.1) is 0 Å². The summed E-state index contributed by atoms with van der Waals surface area (Å²) in [5, 5.41) is 19.9. The molecule has 2 aliphatic heterocycles. The van der Waals surface area contributed by atoms with Crippen molar-refractivity contribution in [1.82, 2.24) is 28.9 Å². The number of piperidine rings is 1. The third kappa shape index (κ3) is 5.92. The van der Waals surface area contributed by atoms with Crippen molar-refractivity contribution in [2.24, 2.45) is 0 Å². The number of aliphatic hydroxyl groups is 1. The lowest BCUT2D eigenvalue weighted by Crippen LogP contribution is -2.48. The molecule has 1 amide bonds. The SMILES string of the molecule is CC(C)(C=C(C#N)C(=O)N1CC[C@H](n2c(=O)n(-c3ccc(Oc4ccccc4)cc3)c3c(N)ncnc32)C1)N1CCC(O)CC1. The Morgan fingerprint density at radius 2 is 1.73 bits per heavy atom. The Morgan fingerprint density at radius 3 is 2.42 bits per heavy atom. The number of rotatable bonds is 7. The van der Waals surface area contributed by atoms with Crippen molar-refractivity contribution in [3.8, 4) is 23.3 Å². The number of aliphatic hydroxyl groups excluding tert-OH is 1. The smallest absolute Gasteiger partial charge is 0.335 e. The van der Waals surface area contributed by atoms with Crippen LogP contribution in [-0.2, 0) is 4.79 Å². The Hall–Kier alpha value is -4.99. The summed E-state index contributed by atoms with van der Waals surface area (Å²) in [5.41, 5.74) is 6.79. The second-order valence-corrected chi connectivity index (χ2v) is 12.1. The van der Waals surface area contributed by atoms with Crippen LogP contribution in [0.2, 0.25) is 0 Å². The van der Waals surface area contributed by atoms with Gasteiger partial charge in [-0.1, -0.05) is 18.2 Å². The average molecular weight is 609 g/mol. The van der Waals surface area contributed by atoms with E-state index in [1.165, 1.54) is 10.9 Å². The lowest BCUT2D eigenvalue weighted by molar-refractivity contribution is -0.125. The molecule has 2 aliphatic rings. The van der Waals surface area contributed by atoms with Crippen LogP contribution in [0.3, 0.4) is 0 Å². The van der Waals surface area contributed by atoms with E-state index in [9.17, 15) is 20.0 Å². The van der Waals surface area contributed by atoms with Crippen LogP contribution in [0.25, 0.3) is 16.9 Å². The number of carbonyl (C=O) groups excluding carboxylic acids is 1. The van der Waals surface area contributed by atoms with Crippen LogP contribution in [0.4, 0.5) is 5.82 Å². The molecule has 0 bridgehead atoms. The van der Waals surface area contributed by atoms with Gasteiger partial charge in [-0.3, -0.25) is 18.8 Å². The number of hydrogen-bond acceptors (Lipinski definition) is 9. The number of carbonyl (C=O) groups is 1. The molecule has 1 atom stereocenters. The van der Waals surface area contributed by atoms with E-state index < -0.39 is 5.54 Å². The van der Waals surface area contributed by atoms with Gasteiger partial charge in [0.2, 0.25) is 0 Å². The number of amides is 1. The normalized spacial score (nSPS) is 18.3. The van der Waals surface area contributed by atoms with Crippen molar-refractivity contribution in [3.05, 3.63) is 83.1 Å². The van der Waals surface area contributed by atoms with Crippen LogP contribution >= 0.6 is 0 Å². The zero-order valence-electron chi connectivity index (χ0n) is 25.3. The van der Waals surface area contributed by atoms with E-state index in [1.807, 2.05) is 44.2 Å². The molecule has 4 aromatic rings. The van der Waals surface area contributed by atoms with Crippen LogP contribution in [-0.4, -0.2) is 77.7 Å². The summed E-state index contributed by atoms with van der Waals surface area (Å²) >= 11 is 0. The zero-order valence-corrected chi connectivity index (χ0v) is 25.3. The molecule has 2 aromatic carbocycles. The van der Waals surface area contributed by atoms with Gasteiger partial charge in [0.05, 0.1) is 17.8 Å². The van der Waals surface area contributed by atoms with Crippen LogP contribution in [0.1, 0.15) is 39.2 Å². The number of imidazole rings is 1. The van der Waals surface area contributed by atoms with Gasteiger partial charge in [-0.2, -0.15) is 5.26 Å². The van der Waals surface area contributed by atoms with Crippen LogP contribution in [0.5, 0.6) is 11.5 Å². The van der Waals surface area contributed by atoms with Gasteiger partial charge in [-0.05, 0) is 75.6 Å². The van der Waals surface area contributed by atoms with Gasteiger partial charge in [0, 0.05) is 31.7 Å². The van der Waals surface area contributed by atoms with Crippen LogP contribution in [0, 0.1) is 11.3 Å². The first-order chi connectivity index (χ1) is 21.7. The van der Waals surface area contributed by atoms with Crippen molar-refractivity contribution in [3.63, 3.8) is 0 Å². The number of nitrogen functional groups attached to an aromatic ring is 1. The van der Waals surface area contributed by atoms with Gasteiger partial charge < -0.3 is 20.5 Å². The quantitative estimate of drug-likeness (QED) is 0.237. The summed E-state index contributed by atoms with van der Waals surface area (Å²) in [6.45, 7) is 5.93. The maximum absolute atomic E-state index is 14.0. The molecule has 0 saturated carbocycles. The van der Waals surface area contributed by atoms with E-state index in [-0.39, 0.29) is 41.7 Å². The molecular formula is C33H36N8O4. The molecule has 45 heavy (non-hydrogen) atoms. The third-order valence-corrected chi connectivity index (χ3v) is 8.70. The largest absolute Gasteiger partial charge is 0.457 e. The highest BCUT2D eigenvalue weighted by atomic mass is 16.5. The minimum Gasteiger partial charge on any atom is -0.457 e. The molecule has 2 saturated heterocycles. The lowest BCUT2D eigenvalue weighted by atomic mass is 9.95. The Bertz CT molecular complexity index is 1830. The van der Waals surface area contributed by atoms with Gasteiger partial charge in [-0.25, -0.2) is 14.8 Å². The Kier molecular flexibility index (Phi) is 8.14. The Morgan fingerprint density at radius 1 is 1.04 bits per heavy atom. The molecule has 0 unspecified atom stereocenters. The minimum absolute atomic E-state index is 0.0610. The summed E-state index contributed by atoms with van der Waals surface area (Å²) in [7, 11) is 0. The van der Waals surface area contributed by atoms with E-state index in [0.29, 0.717) is 67.2 Å². The Labute approximate surface area is 260 Å². The summed E-state index contributed by atoms with van der Waals surface area (Å²) in [6, 6.07) is 18.2. The number of fused-ring (bicyclic) bond motifs is 1. The molecule has 12 heteroatoms. The number of nitrogens with zero attached hydrogens (tertiary/aromatic N) is 7. The number of benzene rings is 2. The van der Waals surface area contributed by atoms with E-state index >= 15 is 0 Å². The van der Waals surface area contributed by atoms with Crippen molar-refractivity contribution in [2.75, 3.05) is 31.9 Å². The van der Waals surface area contributed by atoms with Gasteiger partial charge >= 0.3 is 5.69 Å². The first-order valence-corrected chi connectivity index (χ1v) is 15.1. The summed E-state index contributed by atoms with van der Waals surface area (Å²) in [5.74, 6) is 1.10. The van der Waals surface area contributed by atoms with E-state index in [2.05, 4.69) is 20.9 Å². The lowest BCUT2D eigenvalue weighted by Gasteiger charge is -2.40. The van der Waals surface area contributed by atoms with Crippen LogP contribution < -0.4 is 16.2 Å². The summed E-state index contributed by atoms with van der Waals surface area (Å²) < 4.78 is 8.97. The fourth-order valence-electron chi connectivity index (χ4n) is 6.26. The van der Waals surface area contributed by atoms with Crippen molar-refractivity contribution < 1.29 is 14.6 Å². The van der Waals surface area contributed by atoms with E-state index in [0.717, 1.165) is 0 Å². The predicted molar refractivity (Wildman–Crippen MR) is 169 cm³/mol. The van der Waals surface area contributed by atoms with Crippen molar-refractivity contribution >= 4 is 22.9 Å². The number of para-hydroxylation sites is 1. The predicted octanol–water partition coefficient (Wildman–Crippen LogP) is 3.42. The molecule has 3 N–H and O–H groups in total. The number of ether oxygens (including phenoxy) is 1. The second kappa shape index (κ2) is 12.2. The standard InChI is InChI=1S/C33H36N8O4/c1-33(2,39-16-13-25(42)14-17-39)18-22(19-34)31(43)38-15-12-24(20-38)41-30-28(29(35)36-21-37-30)40(32(41)44)23-8-10-27(11-9-23)45-26-6-4-3-5-7-26/h3-11,18,21,24-25,42H,12-17,20H2,1-2H3,(H2,35,36,37)/t24-/m0/s1. The highest BCUT2D eigenvalue weighted by Gasteiger charge is 2.35. The summed E-state index contributed by atoms with van der Waals surface area (Å²) in [4.78, 5) is 40.0. The fourth-order valence-corrected chi connectivity index (χ4v) is 6.26. The minimum atomic E-state index is -0.541. The van der Waals surface area contributed by atoms with Crippen molar-refractivity contribution in [2.45, 2.75) is 50.8 Å². The molecule has 2 fully saturated rings. The first kappa shape index (κ1) is 30.1. The number of aromatic nitrogens is 4. The third-order valence-electron chi connectivity index (χ3n) is 8.70. The fraction of sp³-hybridized carbons (Fsp3) is 0.364. The molecule has 4 heterocycles. The monoisotopic (exact) mass is 608 g/mol. The van der Waals surface area contributed by atoms with Gasteiger partial charge in [0.25, 0.3) is 5.91 Å². The number of hydrogen-bond donors (Lipinski definition) is 2. The molecule has 2 aromatic heterocycles. The first-order valence-electron chi connectivity index (χ1n) is 15.1. The number of nitrogens with two attached hydrogens (primary N) is 1. The second-order valence-electron chi connectivity index (χ2n) is 12.1. The number of anilines is 1. The van der Waals surface area contributed by atoms with Gasteiger partial charge in [0.1, 0.15) is 35.0 Å². The molecular weight excluding hydrogens is 572 g/mol. The Balaban J connectivity index is 1.26. The van der Waals surface area contributed by atoms with Crippen molar-refractivity contribution in [1.29, 1.82) is 5.26 Å². The molecule has 0 spiro atoms. The van der Waals surface area contributed by atoms with Crippen LogP contribution in [0.15, 0.2) is 77.4 Å². The topological polar surface area (TPSA) is 156 Å². The summed E-state index contributed by atoms with van der Waals surface area (Å²) in [6.07, 6.45) is 4.54. The maximum Gasteiger partial charge on any atom is 0.335 e. The highest BCUT2D eigenvalue weighted by Crippen LogP contribution is 2.30. The van der Waals surface area contributed by atoms with E-state index in [1.54, 1.807) is 39.8 Å². The molecule has 0 aliphatic carbocycles. The maximum atomic E-state index is 14.0. The average Bonchev–Trinajstić information content (AvgIpc) is 3.63. The highest BCUT2D eigenvalue weighted by molar-refractivity contribution is 5.97. The molecule has 0 radical (unpaired) electrons. The van der Waals surface area contributed by atoms with E-state index in [4.69, 9.17) is 10.5 Å². The number of likely N-dealkylation sites (tertiary alicyclic amines) is 2. The number of nitriles is 1. The molecule has 232 valence electrons. The molecule has 12 nitrogen and oxygen atoms in total. The molecule has 6 rings (SSSR count). The van der Waals surface area contributed by atoms with Gasteiger partial charge in [0.15, 0.2) is 11.5 Å².